The van der Waals surface area contributed by atoms with Crippen LogP contribution in [0.25, 0.3) is 10.2 Å². The Labute approximate surface area is 145 Å². The lowest BCUT2D eigenvalue weighted by molar-refractivity contribution is -0.127. The minimum Gasteiger partial charge on any atom is -0.448 e. The number of aryl methyl sites for hydroxylation is 2. The summed E-state index contributed by atoms with van der Waals surface area (Å²) in [5.74, 6) is -0.859. The van der Waals surface area contributed by atoms with Gasteiger partial charge in [0.2, 0.25) is 0 Å². The third kappa shape index (κ3) is 3.00. The second kappa shape index (κ2) is 6.28. The number of urea groups is 1. The van der Waals surface area contributed by atoms with E-state index in [1.807, 2.05) is 5.32 Å². The summed E-state index contributed by atoms with van der Waals surface area (Å²) < 4.78 is 6.69. The summed E-state index contributed by atoms with van der Waals surface area (Å²) in [5.41, 5.74) is 5.17. The lowest BCUT2D eigenvalue weighted by atomic mass is 10.2. The first-order chi connectivity index (χ1) is 11.8. The number of amides is 3. The predicted molar refractivity (Wildman–Crippen MR) is 89.5 cm³/mol. The molecule has 0 aromatic carbocycles. The number of carbonyl (C=O) groups is 3. The molecule has 1 atom stereocenters. The van der Waals surface area contributed by atoms with Crippen LogP contribution in [0.4, 0.5) is 4.79 Å². The van der Waals surface area contributed by atoms with Crippen LogP contribution in [0.3, 0.4) is 0 Å². The summed E-state index contributed by atoms with van der Waals surface area (Å²) in [7, 11) is 0. The molecule has 0 bridgehead atoms. The van der Waals surface area contributed by atoms with Gasteiger partial charge in [0, 0.05) is 13.0 Å². The number of rotatable bonds is 3. The van der Waals surface area contributed by atoms with Gasteiger partial charge in [-0.1, -0.05) is 0 Å². The number of ether oxygens (including phenoxy) is 1. The second-order valence-electron chi connectivity index (χ2n) is 5.73. The van der Waals surface area contributed by atoms with Crippen molar-refractivity contribution in [2.45, 2.75) is 39.3 Å². The van der Waals surface area contributed by atoms with E-state index in [4.69, 9.17) is 10.5 Å². The monoisotopic (exact) mass is 364 g/mol. The number of nitrogens with zero attached hydrogens (tertiary/aromatic N) is 2. The Hall–Kier alpha value is -2.75. The van der Waals surface area contributed by atoms with Crippen LogP contribution in [0, 0.1) is 6.92 Å². The quantitative estimate of drug-likeness (QED) is 0.760. The molecule has 1 aliphatic rings. The van der Waals surface area contributed by atoms with Gasteiger partial charge < -0.3 is 10.5 Å². The van der Waals surface area contributed by atoms with Crippen LogP contribution in [0.1, 0.15) is 34.4 Å². The fourth-order valence-electron chi connectivity index (χ4n) is 2.76. The molecule has 0 radical (unpaired) electrons. The molecule has 0 aliphatic carbocycles. The molecule has 0 fully saturated rings. The summed E-state index contributed by atoms with van der Waals surface area (Å²) >= 11 is 1.06. The Bertz CT molecular complexity index is 961. The van der Waals surface area contributed by atoms with E-state index in [9.17, 15) is 19.2 Å². The van der Waals surface area contributed by atoms with Crippen molar-refractivity contribution < 1.29 is 19.1 Å². The number of carbonyl (C=O) groups excluding carboxylic acids is 3. The van der Waals surface area contributed by atoms with Crippen LogP contribution in [0.5, 0.6) is 0 Å². The van der Waals surface area contributed by atoms with E-state index >= 15 is 0 Å². The molecule has 0 unspecified atom stereocenters. The molecule has 1 aliphatic heterocycles. The Morgan fingerprint density at radius 2 is 2.12 bits per heavy atom. The Kier molecular flexibility index (Phi) is 4.29. The van der Waals surface area contributed by atoms with Crippen molar-refractivity contribution in [2.24, 2.45) is 5.73 Å². The lowest BCUT2D eigenvalue weighted by Crippen LogP contribution is -2.42. The summed E-state index contributed by atoms with van der Waals surface area (Å²) in [5, 5.41) is 2.24. The molecule has 3 amide bonds. The minimum absolute atomic E-state index is 0.162. The maximum Gasteiger partial charge on any atom is 0.349 e. The molecule has 2 aromatic rings. The van der Waals surface area contributed by atoms with E-state index in [1.54, 1.807) is 11.5 Å². The molecule has 3 rings (SSSR count). The molecular formula is C15H16N4O5S. The first kappa shape index (κ1) is 17.1. The van der Waals surface area contributed by atoms with Crippen LogP contribution in [0.2, 0.25) is 0 Å². The molecule has 10 heteroatoms. The topological polar surface area (TPSA) is 133 Å². The molecule has 0 saturated heterocycles. The highest BCUT2D eigenvalue weighted by Gasteiger charge is 2.26. The number of imide groups is 1. The highest BCUT2D eigenvalue weighted by Crippen LogP contribution is 2.29. The number of nitrogens with one attached hydrogen (secondary N) is 1. The van der Waals surface area contributed by atoms with Gasteiger partial charge in [-0.05, 0) is 25.8 Å². The molecule has 0 saturated carbocycles. The molecule has 9 nitrogen and oxygen atoms in total. The van der Waals surface area contributed by atoms with E-state index < -0.39 is 24.0 Å². The predicted octanol–water partition coefficient (Wildman–Crippen LogP) is 0.453. The van der Waals surface area contributed by atoms with Crippen molar-refractivity contribution in [1.82, 2.24) is 14.9 Å². The van der Waals surface area contributed by atoms with E-state index in [0.717, 1.165) is 24.2 Å². The van der Waals surface area contributed by atoms with Gasteiger partial charge in [0.15, 0.2) is 6.10 Å². The zero-order chi connectivity index (χ0) is 18.3. The van der Waals surface area contributed by atoms with Crippen molar-refractivity contribution in [3.8, 4) is 0 Å². The van der Waals surface area contributed by atoms with Crippen molar-refractivity contribution >= 4 is 39.5 Å². The Morgan fingerprint density at radius 1 is 1.40 bits per heavy atom. The molecule has 3 N–H and O–H groups in total. The number of esters is 1. The van der Waals surface area contributed by atoms with E-state index in [0.29, 0.717) is 28.1 Å². The highest BCUT2D eigenvalue weighted by atomic mass is 32.1. The molecule has 3 heterocycles. The van der Waals surface area contributed by atoms with E-state index in [-0.39, 0.29) is 10.4 Å². The summed E-state index contributed by atoms with van der Waals surface area (Å²) in [6.45, 7) is 3.59. The van der Waals surface area contributed by atoms with Crippen LogP contribution in [0.15, 0.2) is 4.79 Å². The molecule has 0 spiro atoms. The zero-order valence-corrected chi connectivity index (χ0v) is 14.4. The molecule has 2 aromatic heterocycles. The van der Waals surface area contributed by atoms with E-state index in [1.165, 1.54) is 6.92 Å². The number of fused-ring (bicyclic) bond motifs is 2. The van der Waals surface area contributed by atoms with Gasteiger partial charge in [0.25, 0.3) is 11.5 Å². The van der Waals surface area contributed by atoms with Gasteiger partial charge in [0.1, 0.15) is 15.5 Å². The minimum atomic E-state index is -1.20. The van der Waals surface area contributed by atoms with Crippen molar-refractivity contribution in [3.05, 3.63) is 26.6 Å². The number of primary amides is 1. The van der Waals surface area contributed by atoms with Crippen molar-refractivity contribution in [1.29, 1.82) is 0 Å². The van der Waals surface area contributed by atoms with Gasteiger partial charge in [-0.3, -0.25) is 19.5 Å². The number of hydrogen-bond acceptors (Lipinski definition) is 7. The first-order valence-electron chi connectivity index (χ1n) is 7.63. The van der Waals surface area contributed by atoms with Crippen LogP contribution in [-0.2, 0) is 22.5 Å². The molecule has 25 heavy (non-hydrogen) atoms. The van der Waals surface area contributed by atoms with Gasteiger partial charge in [-0.2, -0.15) is 0 Å². The Balaban J connectivity index is 1.91. The number of hydrogen-bond donors (Lipinski definition) is 2. The third-order valence-corrected chi connectivity index (χ3v) is 5.16. The SMILES string of the molecule is Cc1c(C(=O)O[C@H](C)C(=O)NC(N)=O)sc2nc3n(c(=O)c12)CCC3. The van der Waals surface area contributed by atoms with Crippen LogP contribution in [-0.4, -0.2) is 33.6 Å². The first-order valence-corrected chi connectivity index (χ1v) is 8.45. The normalized spacial score (nSPS) is 14.2. The highest BCUT2D eigenvalue weighted by molar-refractivity contribution is 7.20. The van der Waals surface area contributed by atoms with Crippen molar-refractivity contribution in [2.75, 3.05) is 0 Å². The average molecular weight is 364 g/mol. The van der Waals surface area contributed by atoms with E-state index in [2.05, 4.69) is 4.98 Å². The van der Waals surface area contributed by atoms with Crippen LogP contribution >= 0.6 is 11.3 Å². The fourth-order valence-corrected chi connectivity index (χ4v) is 3.83. The number of thiophene rings is 1. The fraction of sp³-hybridized carbons (Fsp3) is 0.400. The van der Waals surface area contributed by atoms with Gasteiger partial charge in [0.05, 0.1) is 5.39 Å². The lowest BCUT2D eigenvalue weighted by Gasteiger charge is -2.11. The summed E-state index contributed by atoms with van der Waals surface area (Å²) in [6.07, 6.45) is 0.398. The largest absolute Gasteiger partial charge is 0.448 e. The zero-order valence-electron chi connectivity index (χ0n) is 13.6. The maximum absolute atomic E-state index is 12.6. The number of nitrogens with two attached hydrogens (primary N) is 1. The standard InChI is InChI=1S/C15H16N4O5S/c1-6-9-12(17-8-4-3-5-19(8)13(9)21)25-10(6)14(22)24-7(2)11(20)18-15(16)23/h7H,3-5H2,1-2H3,(H3,16,18,20,23)/t7-/m1/s1. The summed E-state index contributed by atoms with van der Waals surface area (Å²) in [4.78, 5) is 52.4. The van der Waals surface area contributed by atoms with Gasteiger partial charge >= 0.3 is 12.0 Å². The summed E-state index contributed by atoms with van der Waals surface area (Å²) in [6, 6.07) is -1.03. The van der Waals surface area contributed by atoms with Gasteiger partial charge in [-0.15, -0.1) is 11.3 Å². The second-order valence-corrected chi connectivity index (χ2v) is 6.72. The van der Waals surface area contributed by atoms with Crippen molar-refractivity contribution in [3.63, 3.8) is 0 Å². The van der Waals surface area contributed by atoms with Gasteiger partial charge in [-0.25, -0.2) is 14.6 Å². The Morgan fingerprint density at radius 3 is 2.80 bits per heavy atom. The average Bonchev–Trinajstić information content (AvgIpc) is 3.12. The molecule has 132 valence electrons. The molecular weight excluding hydrogens is 348 g/mol. The third-order valence-electron chi connectivity index (χ3n) is 4.00. The maximum atomic E-state index is 12.6. The smallest absolute Gasteiger partial charge is 0.349 e. The number of aromatic nitrogens is 2. The van der Waals surface area contributed by atoms with Crippen LogP contribution < -0.4 is 16.6 Å².